The van der Waals surface area contributed by atoms with Crippen LogP contribution in [0.1, 0.15) is 37.6 Å². The van der Waals surface area contributed by atoms with Gasteiger partial charge in [-0.25, -0.2) is 14.8 Å². The molecule has 0 unspecified atom stereocenters. The predicted octanol–water partition coefficient (Wildman–Crippen LogP) is 3.57. The monoisotopic (exact) mass is 330 g/mol. The number of rotatable bonds is 8. The Hall–Kier alpha value is -2.21. The number of urea groups is 1. The van der Waals surface area contributed by atoms with E-state index in [-0.39, 0.29) is 6.03 Å². The van der Waals surface area contributed by atoms with Crippen molar-refractivity contribution in [3.63, 3.8) is 0 Å². The minimum Gasteiger partial charge on any atom is -0.381 e. The van der Waals surface area contributed by atoms with Crippen LogP contribution in [0.5, 0.6) is 0 Å². The summed E-state index contributed by atoms with van der Waals surface area (Å²) >= 11 is 0. The molecule has 2 aromatic rings. The lowest BCUT2D eigenvalue weighted by atomic mass is 10.2. The van der Waals surface area contributed by atoms with Crippen LogP contribution in [0, 0.1) is 13.8 Å². The van der Waals surface area contributed by atoms with Gasteiger partial charge in [0.15, 0.2) is 0 Å². The molecule has 2 amide bonds. The predicted molar refractivity (Wildman–Crippen MR) is 96.4 cm³/mol. The zero-order chi connectivity index (χ0) is 17.4. The molecule has 24 heavy (non-hydrogen) atoms. The van der Waals surface area contributed by atoms with Gasteiger partial charge in [0.1, 0.15) is 0 Å². The standard InChI is InChI=1S/C18H26N4O2/c1-4-5-10-24-11-6-9-19-18(23)22-15-7-8-16-17(12-15)21-14(3)13(2)20-16/h7-8,12H,4-6,9-11H2,1-3H3,(H2,19,22,23). The first-order valence-corrected chi connectivity index (χ1v) is 8.47. The highest BCUT2D eigenvalue weighted by molar-refractivity contribution is 5.91. The van der Waals surface area contributed by atoms with E-state index >= 15 is 0 Å². The molecule has 0 spiro atoms. The number of amides is 2. The Kier molecular flexibility index (Phi) is 6.93. The molecule has 0 radical (unpaired) electrons. The fourth-order valence-corrected chi connectivity index (χ4v) is 2.21. The fourth-order valence-electron chi connectivity index (χ4n) is 2.21. The Labute approximate surface area is 143 Å². The average molecular weight is 330 g/mol. The van der Waals surface area contributed by atoms with Gasteiger partial charge in [-0.2, -0.15) is 0 Å². The largest absolute Gasteiger partial charge is 0.381 e. The molecule has 0 saturated carbocycles. The molecule has 0 aliphatic heterocycles. The number of fused-ring (bicyclic) bond motifs is 1. The highest BCUT2D eigenvalue weighted by Crippen LogP contribution is 2.17. The van der Waals surface area contributed by atoms with Gasteiger partial charge in [0.2, 0.25) is 0 Å². The van der Waals surface area contributed by atoms with Gasteiger partial charge in [-0.1, -0.05) is 13.3 Å². The van der Waals surface area contributed by atoms with Crippen molar-refractivity contribution in [2.24, 2.45) is 0 Å². The van der Waals surface area contributed by atoms with Crippen LogP contribution in [0.4, 0.5) is 10.5 Å². The van der Waals surface area contributed by atoms with Crippen molar-refractivity contribution in [3.05, 3.63) is 29.6 Å². The molecule has 1 aromatic heterocycles. The molecule has 1 aromatic carbocycles. The summed E-state index contributed by atoms with van der Waals surface area (Å²) in [7, 11) is 0. The number of aromatic nitrogens is 2. The van der Waals surface area contributed by atoms with E-state index < -0.39 is 0 Å². The number of anilines is 1. The van der Waals surface area contributed by atoms with Gasteiger partial charge in [0.05, 0.1) is 22.4 Å². The van der Waals surface area contributed by atoms with Gasteiger partial charge in [-0.05, 0) is 44.9 Å². The smallest absolute Gasteiger partial charge is 0.319 e. The molecule has 0 bridgehead atoms. The second-order valence-electron chi connectivity index (χ2n) is 5.80. The van der Waals surface area contributed by atoms with Crippen molar-refractivity contribution in [1.82, 2.24) is 15.3 Å². The van der Waals surface area contributed by atoms with Gasteiger partial charge < -0.3 is 15.4 Å². The van der Waals surface area contributed by atoms with Crippen molar-refractivity contribution in [2.45, 2.75) is 40.0 Å². The summed E-state index contributed by atoms with van der Waals surface area (Å²) in [4.78, 5) is 20.9. The van der Waals surface area contributed by atoms with E-state index in [9.17, 15) is 4.79 Å². The zero-order valence-corrected chi connectivity index (χ0v) is 14.7. The molecule has 0 saturated heterocycles. The summed E-state index contributed by atoms with van der Waals surface area (Å²) in [5.74, 6) is 0. The Morgan fingerprint density at radius 2 is 1.79 bits per heavy atom. The summed E-state index contributed by atoms with van der Waals surface area (Å²) in [6, 6.07) is 5.31. The van der Waals surface area contributed by atoms with Crippen LogP contribution in [0.25, 0.3) is 11.0 Å². The third-order valence-corrected chi connectivity index (χ3v) is 3.73. The van der Waals surface area contributed by atoms with Gasteiger partial charge in [-0.15, -0.1) is 0 Å². The number of carbonyl (C=O) groups is 1. The van der Waals surface area contributed by atoms with Crippen molar-refractivity contribution < 1.29 is 9.53 Å². The third-order valence-electron chi connectivity index (χ3n) is 3.73. The number of ether oxygens (including phenoxy) is 1. The fraction of sp³-hybridized carbons (Fsp3) is 0.500. The summed E-state index contributed by atoms with van der Waals surface area (Å²) in [5.41, 5.74) is 4.12. The first kappa shape index (κ1) is 18.1. The quantitative estimate of drug-likeness (QED) is 0.725. The molecule has 6 nitrogen and oxygen atoms in total. The topological polar surface area (TPSA) is 76.1 Å². The molecule has 0 aliphatic carbocycles. The summed E-state index contributed by atoms with van der Waals surface area (Å²) in [6.45, 7) is 8.05. The summed E-state index contributed by atoms with van der Waals surface area (Å²) in [6.07, 6.45) is 3.02. The molecule has 1 heterocycles. The average Bonchev–Trinajstić information content (AvgIpc) is 2.55. The molecule has 0 aliphatic rings. The first-order chi connectivity index (χ1) is 11.6. The Balaban J connectivity index is 1.79. The van der Waals surface area contributed by atoms with Crippen LogP contribution in [-0.2, 0) is 4.74 Å². The second kappa shape index (κ2) is 9.17. The number of carbonyl (C=O) groups excluding carboxylic acids is 1. The number of hydrogen-bond donors (Lipinski definition) is 2. The van der Waals surface area contributed by atoms with Crippen molar-refractivity contribution in [2.75, 3.05) is 25.1 Å². The van der Waals surface area contributed by atoms with Crippen LogP contribution in [0.2, 0.25) is 0 Å². The maximum Gasteiger partial charge on any atom is 0.319 e. The van der Waals surface area contributed by atoms with Gasteiger partial charge in [0.25, 0.3) is 0 Å². The second-order valence-corrected chi connectivity index (χ2v) is 5.80. The van der Waals surface area contributed by atoms with E-state index in [0.717, 1.165) is 48.3 Å². The third kappa shape index (κ3) is 5.45. The van der Waals surface area contributed by atoms with Crippen LogP contribution >= 0.6 is 0 Å². The molecule has 0 fully saturated rings. The SMILES string of the molecule is CCCCOCCCNC(=O)Nc1ccc2nc(C)c(C)nc2c1. The Bertz CT molecular complexity index is 688. The normalized spacial score (nSPS) is 10.8. The van der Waals surface area contributed by atoms with Crippen molar-refractivity contribution >= 4 is 22.8 Å². The minimum atomic E-state index is -0.222. The number of nitrogens with zero attached hydrogens (tertiary/aromatic N) is 2. The lowest BCUT2D eigenvalue weighted by molar-refractivity contribution is 0.129. The van der Waals surface area contributed by atoms with E-state index in [1.165, 1.54) is 0 Å². The lowest BCUT2D eigenvalue weighted by Gasteiger charge is -2.09. The van der Waals surface area contributed by atoms with E-state index in [4.69, 9.17) is 4.74 Å². The van der Waals surface area contributed by atoms with E-state index in [1.54, 1.807) is 0 Å². The lowest BCUT2D eigenvalue weighted by Crippen LogP contribution is -2.30. The molecule has 2 N–H and O–H groups in total. The number of unbranched alkanes of at least 4 members (excludes halogenated alkanes) is 1. The number of hydrogen-bond acceptors (Lipinski definition) is 4. The number of nitrogens with one attached hydrogen (secondary N) is 2. The molecule has 6 heteroatoms. The van der Waals surface area contributed by atoms with Crippen molar-refractivity contribution in [3.8, 4) is 0 Å². The van der Waals surface area contributed by atoms with Crippen LogP contribution in [0.15, 0.2) is 18.2 Å². The Morgan fingerprint density at radius 3 is 2.54 bits per heavy atom. The summed E-state index contributed by atoms with van der Waals surface area (Å²) in [5, 5.41) is 5.65. The highest BCUT2D eigenvalue weighted by Gasteiger charge is 2.05. The van der Waals surface area contributed by atoms with Crippen molar-refractivity contribution in [1.29, 1.82) is 0 Å². The van der Waals surface area contributed by atoms with Crippen LogP contribution in [-0.4, -0.2) is 35.8 Å². The number of aryl methyl sites for hydroxylation is 2. The zero-order valence-electron chi connectivity index (χ0n) is 14.7. The van der Waals surface area contributed by atoms with Gasteiger partial charge >= 0.3 is 6.03 Å². The highest BCUT2D eigenvalue weighted by atomic mass is 16.5. The number of benzene rings is 1. The maximum absolute atomic E-state index is 11.9. The summed E-state index contributed by atoms with van der Waals surface area (Å²) < 4.78 is 5.46. The first-order valence-electron chi connectivity index (χ1n) is 8.47. The molecular weight excluding hydrogens is 304 g/mol. The Morgan fingerprint density at radius 1 is 1.08 bits per heavy atom. The van der Waals surface area contributed by atoms with Gasteiger partial charge in [0, 0.05) is 25.4 Å². The molecular formula is C18H26N4O2. The van der Waals surface area contributed by atoms with E-state index in [2.05, 4.69) is 27.5 Å². The molecule has 130 valence electrons. The minimum absolute atomic E-state index is 0.222. The van der Waals surface area contributed by atoms with E-state index in [1.807, 2.05) is 32.0 Å². The molecule has 2 rings (SSSR count). The maximum atomic E-state index is 11.9. The van der Waals surface area contributed by atoms with Gasteiger partial charge in [-0.3, -0.25) is 0 Å². The van der Waals surface area contributed by atoms with E-state index in [0.29, 0.717) is 18.8 Å². The van der Waals surface area contributed by atoms with Crippen LogP contribution < -0.4 is 10.6 Å². The van der Waals surface area contributed by atoms with Crippen LogP contribution in [0.3, 0.4) is 0 Å². The molecule has 0 atom stereocenters.